The van der Waals surface area contributed by atoms with Crippen LogP contribution in [0.25, 0.3) is 55.7 Å². The van der Waals surface area contributed by atoms with Crippen molar-refractivity contribution in [3.8, 4) is 34.2 Å². The van der Waals surface area contributed by atoms with Gasteiger partial charge < -0.3 is 0 Å². The topological polar surface area (TPSA) is 38.7 Å². The number of nitrogens with zero attached hydrogens (tertiary/aromatic N) is 3. The monoisotopic (exact) mass is 427 g/mol. The van der Waals surface area contributed by atoms with Gasteiger partial charge in [-0.05, 0) is 39.7 Å². The third kappa shape index (κ3) is 3.42. The molecule has 0 fully saturated rings. The molecule has 5 aromatic carbocycles. The third-order valence-corrected chi connectivity index (χ3v) is 5.79. The Hall–Kier alpha value is -4.44. The highest BCUT2D eigenvalue weighted by molar-refractivity contribution is 6.13. The van der Waals surface area contributed by atoms with Crippen LogP contribution in [-0.4, -0.2) is 15.0 Å². The Morgan fingerprint density at radius 1 is 0.455 bits per heavy atom. The van der Waals surface area contributed by atoms with Crippen molar-refractivity contribution in [2.24, 2.45) is 0 Å². The van der Waals surface area contributed by atoms with E-state index in [0.29, 0.717) is 23.0 Å². The zero-order chi connectivity index (χ0) is 22.2. The largest absolute Gasteiger partial charge is 0.208 e. The fourth-order valence-electron chi connectivity index (χ4n) is 4.21. The van der Waals surface area contributed by atoms with Crippen LogP contribution in [0.2, 0.25) is 0 Å². The van der Waals surface area contributed by atoms with E-state index in [1.54, 1.807) is 18.2 Å². The van der Waals surface area contributed by atoms with Gasteiger partial charge in [0.1, 0.15) is 5.82 Å². The first-order valence-electron chi connectivity index (χ1n) is 10.8. The maximum Gasteiger partial charge on any atom is 0.167 e. The lowest BCUT2D eigenvalue weighted by Gasteiger charge is -2.12. The Bertz CT molecular complexity index is 1630. The lowest BCUT2D eigenvalue weighted by molar-refractivity contribution is 0.630. The van der Waals surface area contributed by atoms with Crippen molar-refractivity contribution in [2.45, 2.75) is 0 Å². The number of hydrogen-bond acceptors (Lipinski definition) is 3. The van der Waals surface area contributed by atoms with Crippen molar-refractivity contribution in [3.63, 3.8) is 0 Å². The summed E-state index contributed by atoms with van der Waals surface area (Å²) in [6.07, 6.45) is 0. The van der Waals surface area contributed by atoms with E-state index in [9.17, 15) is 4.39 Å². The quantitative estimate of drug-likeness (QED) is 0.278. The van der Waals surface area contributed by atoms with Gasteiger partial charge in [-0.1, -0.05) is 91.0 Å². The van der Waals surface area contributed by atoms with Gasteiger partial charge in [0, 0.05) is 11.1 Å². The third-order valence-electron chi connectivity index (χ3n) is 5.79. The van der Waals surface area contributed by atoms with Crippen LogP contribution in [0.5, 0.6) is 0 Å². The molecule has 3 nitrogen and oxygen atoms in total. The summed E-state index contributed by atoms with van der Waals surface area (Å²) >= 11 is 0. The van der Waals surface area contributed by atoms with Crippen LogP contribution in [0, 0.1) is 5.82 Å². The Labute approximate surface area is 190 Å². The van der Waals surface area contributed by atoms with E-state index < -0.39 is 0 Å². The number of benzene rings is 5. The van der Waals surface area contributed by atoms with Gasteiger partial charge in [-0.25, -0.2) is 19.3 Å². The highest BCUT2D eigenvalue weighted by Crippen LogP contribution is 2.35. The molecule has 1 aromatic heterocycles. The number of fused-ring (bicyclic) bond motifs is 3. The SMILES string of the molecule is Fc1ccccc1-c1nc(-c2ccccc2)nc(-c2cc3ccccc3c3ccccc23)n1. The molecule has 6 rings (SSSR count). The molecule has 0 bridgehead atoms. The summed E-state index contributed by atoms with van der Waals surface area (Å²) in [5, 5.41) is 4.43. The van der Waals surface area contributed by atoms with E-state index in [2.05, 4.69) is 35.3 Å². The predicted molar refractivity (Wildman–Crippen MR) is 131 cm³/mol. The molecule has 0 N–H and O–H groups in total. The van der Waals surface area contributed by atoms with E-state index in [1.807, 2.05) is 54.6 Å². The molecule has 0 saturated heterocycles. The van der Waals surface area contributed by atoms with E-state index >= 15 is 0 Å². The Morgan fingerprint density at radius 3 is 1.82 bits per heavy atom. The smallest absolute Gasteiger partial charge is 0.167 e. The minimum absolute atomic E-state index is 0.314. The first-order valence-corrected chi connectivity index (χ1v) is 10.8. The highest BCUT2D eigenvalue weighted by atomic mass is 19.1. The highest BCUT2D eigenvalue weighted by Gasteiger charge is 2.17. The molecule has 33 heavy (non-hydrogen) atoms. The minimum Gasteiger partial charge on any atom is -0.208 e. The van der Waals surface area contributed by atoms with E-state index in [1.165, 1.54) is 11.5 Å². The summed E-state index contributed by atoms with van der Waals surface area (Å²) in [4.78, 5) is 14.2. The molecule has 0 radical (unpaired) electrons. The maximum absolute atomic E-state index is 14.7. The van der Waals surface area contributed by atoms with E-state index in [-0.39, 0.29) is 5.82 Å². The first-order chi connectivity index (χ1) is 16.3. The lowest BCUT2D eigenvalue weighted by atomic mass is 9.97. The molecule has 0 amide bonds. The molecule has 6 aromatic rings. The van der Waals surface area contributed by atoms with Gasteiger partial charge in [-0.3, -0.25) is 0 Å². The molecule has 0 atom stereocenters. The minimum atomic E-state index is -0.364. The number of aromatic nitrogens is 3. The molecule has 0 aliphatic rings. The molecular formula is C29H18FN3. The van der Waals surface area contributed by atoms with Crippen LogP contribution in [0.15, 0.2) is 109 Å². The van der Waals surface area contributed by atoms with Crippen LogP contribution in [0.3, 0.4) is 0 Å². The molecule has 0 spiro atoms. The second-order valence-electron chi connectivity index (χ2n) is 7.84. The van der Waals surface area contributed by atoms with Crippen LogP contribution in [0.1, 0.15) is 0 Å². The summed E-state index contributed by atoms with van der Waals surface area (Å²) < 4.78 is 14.7. The standard InChI is InChI=1S/C29H18FN3/c30-26-17-9-8-16-24(26)28-31-27(19-10-2-1-3-11-19)32-29(33-28)25-18-20-12-4-5-13-21(20)22-14-6-7-15-23(22)25/h1-18H. The van der Waals surface area contributed by atoms with Gasteiger partial charge >= 0.3 is 0 Å². The molecule has 1 heterocycles. The Kier molecular flexibility index (Phi) is 4.62. The Balaban J connectivity index is 1.68. The van der Waals surface area contributed by atoms with Crippen molar-refractivity contribution in [1.29, 1.82) is 0 Å². The molecule has 0 saturated carbocycles. The molecule has 0 unspecified atom stereocenters. The van der Waals surface area contributed by atoms with Gasteiger partial charge in [0.15, 0.2) is 17.5 Å². The fraction of sp³-hybridized carbons (Fsp3) is 0. The fourth-order valence-corrected chi connectivity index (χ4v) is 4.21. The second-order valence-corrected chi connectivity index (χ2v) is 7.84. The number of rotatable bonds is 3. The van der Waals surface area contributed by atoms with Crippen molar-refractivity contribution < 1.29 is 4.39 Å². The predicted octanol–water partition coefficient (Wildman–Crippen LogP) is 7.32. The Morgan fingerprint density at radius 2 is 1.03 bits per heavy atom. The average molecular weight is 427 g/mol. The van der Waals surface area contributed by atoms with Gasteiger partial charge in [0.25, 0.3) is 0 Å². The van der Waals surface area contributed by atoms with Crippen LogP contribution in [0.4, 0.5) is 4.39 Å². The lowest BCUT2D eigenvalue weighted by Crippen LogP contribution is -2.01. The first kappa shape index (κ1) is 19.3. The van der Waals surface area contributed by atoms with Gasteiger partial charge in [0.05, 0.1) is 5.56 Å². The van der Waals surface area contributed by atoms with Crippen LogP contribution in [-0.2, 0) is 0 Å². The molecule has 0 aliphatic carbocycles. The number of hydrogen-bond donors (Lipinski definition) is 0. The molecule has 4 heteroatoms. The summed E-state index contributed by atoms with van der Waals surface area (Å²) in [5.74, 6) is 0.978. The normalized spacial score (nSPS) is 11.2. The van der Waals surface area contributed by atoms with Crippen molar-refractivity contribution >= 4 is 21.5 Å². The summed E-state index contributed by atoms with van der Waals surface area (Å²) in [7, 11) is 0. The van der Waals surface area contributed by atoms with Crippen LogP contribution < -0.4 is 0 Å². The zero-order valence-electron chi connectivity index (χ0n) is 17.6. The molecular weight excluding hydrogens is 409 g/mol. The maximum atomic E-state index is 14.7. The van der Waals surface area contributed by atoms with Gasteiger partial charge in [-0.15, -0.1) is 0 Å². The summed E-state index contributed by atoms with van der Waals surface area (Å²) in [6, 6.07) is 34.9. The second kappa shape index (κ2) is 7.92. The van der Waals surface area contributed by atoms with E-state index in [4.69, 9.17) is 9.97 Å². The zero-order valence-corrected chi connectivity index (χ0v) is 17.6. The van der Waals surface area contributed by atoms with Crippen LogP contribution >= 0.6 is 0 Å². The van der Waals surface area contributed by atoms with Crippen molar-refractivity contribution in [3.05, 3.63) is 115 Å². The summed E-state index contributed by atoms with van der Waals surface area (Å²) in [5.41, 5.74) is 2.09. The van der Waals surface area contributed by atoms with Gasteiger partial charge in [-0.2, -0.15) is 0 Å². The summed E-state index contributed by atoms with van der Waals surface area (Å²) in [6.45, 7) is 0. The molecule has 156 valence electrons. The average Bonchev–Trinajstić information content (AvgIpc) is 2.89. The van der Waals surface area contributed by atoms with Crippen molar-refractivity contribution in [1.82, 2.24) is 15.0 Å². The van der Waals surface area contributed by atoms with Crippen molar-refractivity contribution in [2.75, 3.05) is 0 Å². The number of halogens is 1. The molecule has 0 aliphatic heterocycles. The van der Waals surface area contributed by atoms with Gasteiger partial charge in [0.2, 0.25) is 0 Å². The van der Waals surface area contributed by atoms with E-state index in [0.717, 1.165) is 27.3 Å².